The lowest BCUT2D eigenvalue weighted by atomic mass is 10.0. The molecule has 0 fully saturated rings. The Morgan fingerprint density at radius 3 is 2.42 bits per heavy atom. The first-order chi connectivity index (χ1) is 12.4. The molecule has 1 amide bonds. The number of methoxy groups -OCH3 is 2. The second-order valence-electron chi connectivity index (χ2n) is 6.19. The minimum absolute atomic E-state index is 0.173. The van der Waals surface area contributed by atoms with Crippen molar-refractivity contribution in [1.82, 2.24) is 4.57 Å². The van der Waals surface area contributed by atoms with Crippen LogP contribution < -0.4 is 14.3 Å². The maximum atomic E-state index is 12.5. The SMILES string of the molecule is COc1ccc(OC)c2c1sc(=NC(=O)Cc1ccc(C)c(C)c1)n2C. The number of ether oxygens (including phenoxy) is 2. The second-order valence-corrected chi connectivity index (χ2v) is 7.17. The average Bonchev–Trinajstić information content (AvgIpc) is 2.94. The van der Waals surface area contributed by atoms with E-state index in [1.807, 2.05) is 48.9 Å². The van der Waals surface area contributed by atoms with Crippen LogP contribution in [0, 0.1) is 13.8 Å². The highest BCUT2D eigenvalue weighted by Gasteiger charge is 2.14. The van der Waals surface area contributed by atoms with Gasteiger partial charge in [0, 0.05) is 7.05 Å². The number of thiazole rings is 1. The molecule has 3 rings (SSSR count). The zero-order chi connectivity index (χ0) is 18.8. The normalized spacial score (nSPS) is 11.8. The smallest absolute Gasteiger partial charge is 0.252 e. The lowest BCUT2D eigenvalue weighted by Gasteiger charge is -2.06. The number of aryl methyl sites for hydroxylation is 3. The number of benzene rings is 2. The largest absolute Gasteiger partial charge is 0.495 e. The maximum absolute atomic E-state index is 12.5. The molecule has 0 saturated heterocycles. The number of carbonyl (C=O) groups is 1. The van der Waals surface area contributed by atoms with Crippen molar-refractivity contribution in [2.75, 3.05) is 14.2 Å². The van der Waals surface area contributed by atoms with Gasteiger partial charge in [-0.15, -0.1) is 0 Å². The van der Waals surface area contributed by atoms with Gasteiger partial charge in [-0.3, -0.25) is 4.79 Å². The Hall–Kier alpha value is -2.60. The Morgan fingerprint density at radius 2 is 1.77 bits per heavy atom. The van der Waals surface area contributed by atoms with Crippen molar-refractivity contribution in [3.8, 4) is 11.5 Å². The summed E-state index contributed by atoms with van der Waals surface area (Å²) >= 11 is 1.42. The molecule has 1 heterocycles. The van der Waals surface area contributed by atoms with E-state index in [-0.39, 0.29) is 12.3 Å². The Bertz CT molecular complexity index is 1050. The minimum atomic E-state index is -0.173. The standard InChI is InChI=1S/C20H22N2O3S/c1-12-6-7-14(10-13(12)2)11-17(23)21-20-22(3)18-15(24-4)8-9-16(25-5)19(18)26-20/h6-10H,11H2,1-5H3. The molecular weight excluding hydrogens is 348 g/mol. The van der Waals surface area contributed by atoms with E-state index in [1.165, 1.54) is 22.5 Å². The Morgan fingerprint density at radius 1 is 1.08 bits per heavy atom. The van der Waals surface area contributed by atoms with Gasteiger partial charge >= 0.3 is 0 Å². The van der Waals surface area contributed by atoms with Crippen molar-refractivity contribution in [1.29, 1.82) is 0 Å². The quantitative estimate of drug-likeness (QED) is 0.706. The van der Waals surface area contributed by atoms with Crippen LogP contribution in [0.15, 0.2) is 35.3 Å². The van der Waals surface area contributed by atoms with E-state index in [1.54, 1.807) is 14.2 Å². The molecule has 26 heavy (non-hydrogen) atoms. The lowest BCUT2D eigenvalue weighted by Crippen LogP contribution is -2.14. The molecule has 5 nitrogen and oxygen atoms in total. The van der Waals surface area contributed by atoms with Crippen LogP contribution in [0.3, 0.4) is 0 Å². The van der Waals surface area contributed by atoms with Crippen LogP contribution in [0.2, 0.25) is 0 Å². The van der Waals surface area contributed by atoms with Gasteiger partial charge in [-0.1, -0.05) is 29.5 Å². The van der Waals surface area contributed by atoms with E-state index in [0.717, 1.165) is 27.3 Å². The Labute approximate surface area is 156 Å². The third-order valence-electron chi connectivity index (χ3n) is 4.46. The van der Waals surface area contributed by atoms with Crippen molar-refractivity contribution in [3.05, 3.63) is 51.8 Å². The summed E-state index contributed by atoms with van der Waals surface area (Å²) in [5.41, 5.74) is 4.24. The lowest BCUT2D eigenvalue weighted by molar-refractivity contribution is -0.117. The molecule has 0 radical (unpaired) electrons. The minimum Gasteiger partial charge on any atom is -0.495 e. The van der Waals surface area contributed by atoms with Crippen LogP contribution in [0.4, 0.5) is 0 Å². The molecule has 0 aliphatic carbocycles. The van der Waals surface area contributed by atoms with E-state index in [4.69, 9.17) is 9.47 Å². The topological polar surface area (TPSA) is 52.8 Å². The Kier molecular flexibility index (Phi) is 5.13. The van der Waals surface area contributed by atoms with Crippen LogP contribution in [-0.4, -0.2) is 24.7 Å². The summed E-state index contributed by atoms with van der Waals surface area (Å²) in [5, 5.41) is 0. The van der Waals surface area contributed by atoms with Gasteiger partial charge in [0.1, 0.15) is 21.7 Å². The predicted molar refractivity (Wildman–Crippen MR) is 104 cm³/mol. The summed E-state index contributed by atoms with van der Waals surface area (Å²) in [6, 6.07) is 9.77. The molecule has 2 aromatic carbocycles. The number of hydrogen-bond donors (Lipinski definition) is 0. The van der Waals surface area contributed by atoms with Gasteiger partial charge < -0.3 is 14.0 Å². The van der Waals surface area contributed by atoms with Crippen LogP contribution in [-0.2, 0) is 18.3 Å². The third kappa shape index (κ3) is 3.37. The van der Waals surface area contributed by atoms with E-state index in [2.05, 4.69) is 11.9 Å². The van der Waals surface area contributed by atoms with Crippen molar-refractivity contribution >= 4 is 27.5 Å². The zero-order valence-corrected chi connectivity index (χ0v) is 16.4. The van der Waals surface area contributed by atoms with Gasteiger partial charge in [0.2, 0.25) is 0 Å². The first-order valence-electron chi connectivity index (χ1n) is 8.28. The maximum Gasteiger partial charge on any atom is 0.252 e. The number of rotatable bonds is 4. The molecule has 0 bridgehead atoms. The number of carbonyl (C=O) groups excluding carboxylic acids is 1. The highest BCUT2D eigenvalue weighted by molar-refractivity contribution is 7.16. The first-order valence-corrected chi connectivity index (χ1v) is 9.10. The van der Waals surface area contributed by atoms with Gasteiger partial charge in [-0.2, -0.15) is 4.99 Å². The van der Waals surface area contributed by atoms with Gasteiger partial charge in [0.25, 0.3) is 5.91 Å². The average molecular weight is 370 g/mol. The van der Waals surface area contributed by atoms with Crippen molar-refractivity contribution < 1.29 is 14.3 Å². The summed E-state index contributed by atoms with van der Waals surface area (Å²) in [6.07, 6.45) is 0.281. The van der Waals surface area contributed by atoms with E-state index < -0.39 is 0 Å². The molecule has 3 aromatic rings. The van der Waals surface area contributed by atoms with Crippen LogP contribution in [0.25, 0.3) is 10.2 Å². The zero-order valence-electron chi connectivity index (χ0n) is 15.6. The number of aromatic nitrogens is 1. The molecule has 6 heteroatoms. The van der Waals surface area contributed by atoms with E-state index in [0.29, 0.717) is 4.80 Å². The summed E-state index contributed by atoms with van der Waals surface area (Å²) in [7, 11) is 5.13. The van der Waals surface area contributed by atoms with Crippen LogP contribution >= 0.6 is 11.3 Å². The predicted octanol–water partition coefficient (Wildman–Crippen LogP) is 3.54. The fourth-order valence-corrected chi connectivity index (χ4v) is 4.01. The number of amides is 1. The van der Waals surface area contributed by atoms with Crippen molar-refractivity contribution in [2.24, 2.45) is 12.0 Å². The molecular formula is C20H22N2O3S. The molecule has 0 spiro atoms. The first kappa shape index (κ1) is 18.2. The molecule has 0 unspecified atom stereocenters. The third-order valence-corrected chi connectivity index (χ3v) is 5.61. The van der Waals surface area contributed by atoms with E-state index >= 15 is 0 Å². The van der Waals surface area contributed by atoms with E-state index in [9.17, 15) is 4.79 Å². The molecule has 1 aromatic heterocycles. The monoisotopic (exact) mass is 370 g/mol. The summed E-state index contributed by atoms with van der Waals surface area (Å²) in [4.78, 5) is 17.4. The Balaban J connectivity index is 2.02. The second kappa shape index (κ2) is 7.33. The molecule has 0 aliphatic heterocycles. The van der Waals surface area contributed by atoms with Gasteiger partial charge in [0.05, 0.1) is 20.6 Å². The van der Waals surface area contributed by atoms with Crippen molar-refractivity contribution in [2.45, 2.75) is 20.3 Å². The fraction of sp³-hybridized carbons (Fsp3) is 0.300. The number of hydrogen-bond acceptors (Lipinski definition) is 4. The van der Waals surface area contributed by atoms with Gasteiger partial charge in [-0.05, 0) is 42.7 Å². The van der Waals surface area contributed by atoms with Crippen LogP contribution in [0.1, 0.15) is 16.7 Å². The van der Waals surface area contributed by atoms with Crippen LogP contribution in [0.5, 0.6) is 11.5 Å². The summed E-state index contributed by atoms with van der Waals surface area (Å²) in [6.45, 7) is 4.11. The molecule has 0 atom stereocenters. The number of fused-ring (bicyclic) bond motifs is 1. The molecule has 136 valence electrons. The highest BCUT2D eigenvalue weighted by atomic mass is 32.1. The molecule has 0 saturated carbocycles. The molecule has 0 N–H and O–H groups in total. The summed E-state index contributed by atoms with van der Waals surface area (Å²) in [5.74, 6) is 1.29. The number of nitrogens with zero attached hydrogens (tertiary/aromatic N) is 2. The van der Waals surface area contributed by atoms with Crippen molar-refractivity contribution in [3.63, 3.8) is 0 Å². The van der Waals surface area contributed by atoms with Gasteiger partial charge in [0.15, 0.2) is 4.80 Å². The highest BCUT2D eigenvalue weighted by Crippen LogP contribution is 2.34. The summed E-state index contributed by atoms with van der Waals surface area (Å²) < 4.78 is 13.7. The fourth-order valence-electron chi connectivity index (χ4n) is 2.86. The molecule has 0 aliphatic rings. The van der Waals surface area contributed by atoms with Gasteiger partial charge in [-0.25, -0.2) is 0 Å².